The summed E-state index contributed by atoms with van der Waals surface area (Å²) in [7, 11) is -3.38. The largest absolute Gasteiger partial charge is 0.250 e. The van der Waals surface area contributed by atoms with E-state index in [-0.39, 0.29) is 0 Å². The molecule has 1 aromatic heterocycles. The Morgan fingerprint density at radius 1 is 1.40 bits per heavy atom. The van der Waals surface area contributed by atoms with Crippen LogP contribution in [-0.4, -0.2) is 14.0 Å². The van der Waals surface area contributed by atoms with Crippen molar-refractivity contribution < 1.29 is 8.42 Å². The van der Waals surface area contributed by atoms with Crippen LogP contribution in [0.15, 0.2) is 14.1 Å². The topological polar surface area (TPSA) is 46.2 Å². The number of aryl methyl sites for hydroxylation is 1. The summed E-state index contributed by atoms with van der Waals surface area (Å²) in [5.74, 6) is 0. The van der Waals surface area contributed by atoms with E-state index >= 15 is 0 Å². The van der Waals surface area contributed by atoms with Crippen LogP contribution in [0.3, 0.4) is 0 Å². The molecule has 3 nitrogen and oxygen atoms in total. The van der Waals surface area contributed by atoms with Crippen LogP contribution in [0, 0.1) is 6.92 Å². The summed E-state index contributed by atoms with van der Waals surface area (Å²) < 4.78 is 27.6. The molecule has 0 radical (unpaired) electrons. The Bertz CT molecular complexity index is 437. The highest BCUT2D eigenvalue weighted by atomic mass is 79.9. The Kier molecular flexibility index (Phi) is 3.65. The van der Waals surface area contributed by atoms with Crippen molar-refractivity contribution in [2.45, 2.75) is 37.4 Å². The Morgan fingerprint density at radius 2 is 1.93 bits per heavy atom. The number of sulfonamides is 1. The highest BCUT2D eigenvalue weighted by molar-refractivity contribution is 9.11. The van der Waals surface area contributed by atoms with Crippen molar-refractivity contribution in [3.8, 4) is 0 Å². The molecule has 1 rings (SSSR count). The van der Waals surface area contributed by atoms with E-state index in [1.54, 1.807) is 6.07 Å². The molecule has 0 saturated carbocycles. The fourth-order valence-electron chi connectivity index (χ4n) is 1.02. The summed E-state index contributed by atoms with van der Waals surface area (Å²) >= 11 is 4.54. The molecule has 6 heteroatoms. The van der Waals surface area contributed by atoms with Gasteiger partial charge in [0.05, 0.1) is 3.79 Å². The zero-order valence-electron chi connectivity index (χ0n) is 9.09. The fourth-order valence-corrected chi connectivity index (χ4v) is 4.66. The Labute approximate surface area is 103 Å². The second-order valence-corrected chi connectivity index (χ2v) is 8.66. The Balaban J connectivity index is 3.07. The van der Waals surface area contributed by atoms with Crippen molar-refractivity contribution in [3.05, 3.63) is 15.4 Å². The number of halogens is 1. The molecule has 0 atom stereocenters. The molecule has 0 amide bonds. The highest BCUT2D eigenvalue weighted by Gasteiger charge is 2.24. The first-order valence-electron chi connectivity index (χ1n) is 4.42. The third-order valence-electron chi connectivity index (χ3n) is 1.54. The van der Waals surface area contributed by atoms with E-state index in [0.717, 1.165) is 9.35 Å². The van der Waals surface area contributed by atoms with Gasteiger partial charge in [0.25, 0.3) is 10.0 Å². The summed E-state index contributed by atoms with van der Waals surface area (Å²) in [6, 6.07) is 1.67. The van der Waals surface area contributed by atoms with Gasteiger partial charge in [-0.3, -0.25) is 0 Å². The summed E-state index contributed by atoms with van der Waals surface area (Å²) in [4.78, 5) is 0. The van der Waals surface area contributed by atoms with E-state index in [9.17, 15) is 8.42 Å². The van der Waals surface area contributed by atoms with Crippen molar-refractivity contribution in [1.82, 2.24) is 4.72 Å². The molecule has 0 saturated heterocycles. The molecule has 1 aromatic rings. The molecule has 1 heterocycles. The average Bonchev–Trinajstić information content (AvgIpc) is 2.27. The number of nitrogens with one attached hydrogen (secondary N) is 1. The Morgan fingerprint density at radius 3 is 2.27 bits per heavy atom. The zero-order valence-corrected chi connectivity index (χ0v) is 12.3. The highest BCUT2D eigenvalue weighted by Crippen LogP contribution is 2.30. The van der Waals surface area contributed by atoms with Crippen molar-refractivity contribution >= 4 is 37.3 Å². The van der Waals surface area contributed by atoms with Crippen molar-refractivity contribution in [2.24, 2.45) is 0 Å². The fraction of sp³-hybridized carbons (Fsp3) is 0.556. The van der Waals surface area contributed by atoms with Gasteiger partial charge in [0.2, 0.25) is 0 Å². The van der Waals surface area contributed by atoms with Gasteiger partial charge in [-0.05, 0) is 55.3 Å². The van der Waals surface area contributed by atoms with E-state index in [1.165, 1.54) is 11.3 Å². The molecule has 0 aromatic carbocycles. The van der Waals surface area contributed by atoms with Crippen LogP contribution in [0.25, 0.3) is 0 Å². The van der Waals surface area contributed by atoms with Gasteiger partial charge in [-0.2, -0.15) is 0 Å². The Hall–Kier alpha value is 0.0900. The van der Waals surface area contributed by atoms with Gasteiger partial charge >= 0.3 is 0 Å². The van der Waals surface area contributed by atoms with E-state index in [2.05, 4.69) is 20.7 Å². The SMILES string of the molecule is Cc1cc(S(=O)(=O)NC(C)(C)C)sc1Br. The number of rotatable bonds is 2. The van der Waals surface area contributed by atoms with Crippen molar-refractivity contribution in [1.29, 1.82) is 0 Å². The van der Waals surface area contributed by atoms with Crippen LogP contribution in [0.2, 0.25) is 0 Å². The minimum absolute atomic E-state index is 0.349. The predicted molar refractivity (Wildman–Crippen MR) is 66.8 cm³/mol. The predicted octanol–water partition coefficient (Wildman–Crippen LogP) is 2.90. The molecule has 1 N–H and O–H groups in total. The van der Waals surface area contributed by atoms with Crippen LogP contribution >= 0.6 is 27.3 Å². The molecule has 86 valence electrons. The van der Waals surface area contributed by atoms with Crippen LogP contribution in [0.1, 0.15) is 26.3 Å². The maximum Gasteiger partial charge on any atom is 0.250 e. The molecule has 0 bridgehead atoms. The maximum atomic E-state index is 11.9. The lowest BCUT2D eigenvalue weighted by atomic mass is 10.1. The lowest BCUT2D eigenvalue weighted by Crippen LogP contribution is -2.40. The molecule has 0 spiro atoms. The van der Waals surface area contributed by atoms with Gasteiger partial charge in [0.1, 0.15) is 4.21 Å². The van der Waals surface area contributed by atoms with Gasteiger partial charge in [0.15, 0.2) is 0 Å². The van der Waals surface area contributed by atoms with Crippen LogP contribution in [-0.2, 0) is 10.0 Å². The molecule has 0 fully saturated rings. The molecular weight excluding hydrogens is 298 g/mol. The first-order chi connectivity index (χ1) is 6.62. The van der Waals surface area contributed by atoms with Gasteiger partial charge in [-0.15, -0.1) is 11.3 Å². The van der Waals surface area contributed by atoms with Gasteiger partial charge < -0.3 is 0 Å². The van der Waals surface area contributed by atoms with Crippen molar-refractivity contribution in [3.63, 3.8) is 0 Å². The van der Waals surface area contributed by atoms with E-state index < -0.39 is 15.6 Å². The van der Waals surface area contributed by atoms with Gasteiger partial charge in [-0.25, -0.2) is 13.1 Å². The zero-order chi connectivity index (χ0) is 11.9. The molecule has 0 aliphatic heterocycles. The number of hydrogen-bond donors (Lipinski definition) is 1. The third kappa shape index (κ3) is 3.55. The van der Waals surface area contributed by atoms with Crippen molar-refractivity contribution in [2.75, 3.05) is 0 Å². The first-order valence-corrected chi connectivity index (χ1v) is 7.51. The molecular formula is C9H14BrNO2S2. The minimum atomic E-state index is -3.38. The van der Waals surface area contributed by atoms with Crippen LogP contribution in [0.4, 0.5) is 0 Å². The monoisotopic (exact) mass is 311 g/mol. The normalized spacial score (nSPS) is 13.1. The van der Waals surface area contributed by atoms with E-state index in [4.69, 9.17) is 0 Å². The van der Waals surface area contributed by atoms with Crippen LogP contribution < -0.4 is 4.72 Å². The second kappa shape index (κ2) is 4.16. The average molecular weight is 312 g/mol. The summed E-state index contributed by atoms with van der Waals surface area (Å²) in [5, 5.41) is 0. The molecule has 0 aliphatic carbocycles. The quantitative estimate of drug-likeness (QED) is 0.913. The lowest BCUT2D eigenvalue weighted by molar-refractivity contribution is 0.492. The summed E-state index contributed by atoms with van der Waals surface area (Å²) in [5.41, 5.74) is 0.484. The van der Waals surface area contributed by atoms with Crippen LogP contribution in [0.5, 0.6) is 0 Å². The molecule has 0 unspecified atom stereocenters. The smallest absolute Gasteiger partial charge is 0.206 e. The lowest BCUT2D eigenvalue weighted by Gasteiger charge is -2.19. The first kappa shape index (κ1) is 13.2. The summed E-state index contributed by atoms with van der Waals surface area (Å²) in [6.45, 7) is 7.33. The number of thiophene rings is 1. The summed E-state index contributed by atoms with van der Waals surface area (Å²) in [6.07, 6.45) is 0. The maximum absolute atomic E-state index is 11.9. The number of hydrogen-bond acceptors (Lipinski definition) is 3. The van der Waals surface area contributed by atoms with E-state index in [1.807, 2.05) is 27.7 Å². The standard InChI is InChI=1S/C9H14BrNO2S2/c1-6-5-7(14-8(6)10)15(12,13)11-9(2,3)4/h5,11H,1-4H3. The third-order valence-corrected chi connectivity index (χ3v) is 5.91. The molecule has 0 aliphatic rings. The minimum Gasteiger partial charge on any atom is -0.206 e. The van der Waals surface area contributed by atoms with Gasteiger partial charge in [-0.1, -0.05) is 0 Å². The van der Waals surface area contributed by atoms with Gasteiger partial charge in [0, 0.05) is 5.54 Å². The molecule has 15 heavy (non-hydrogen) atoms. The second-order valence-electron chi connectivity index (χ2n) is 4.38. The van der Waals surface area contributed by atoms with E-state index in [0.29, 0.717) is 4.21 Å².